The van der Waals surface area contributed by atoms with Crippen LogP contribution in [0.1, 0.15) is 19.8 Å². The number of hydrogen-bond acceptors (Lipinski definition) is 2. The molecule has 2 aromatic rings. The van der Waals surface area contributed by atoms with E-state index in [0.29, 0.717) is 5.75 Å². The van der Waals surface area contributed by atoms with Crippen LogP contribution in [0.2, 0.25) is 0 Å². The summed E-state index contributed by atoms with van der Waals surface area (Å²) in [5, 5.41) is 1.24. The molecule has 0 atom stereocenters. The predicted octanol–water partition coefficient (Wildman–Crippen LogP) is 3.53. The van der Waals surface area contributed by atoms with E-state index in [-0.39, 0.29) is 5.91 Å². The van der Waals surface area contributed by atoms with E-state index >= 15 is 0 Å². The lowest BCUT2D eigenvalue weighted by Gasteiger charge is -2.30. The highest BCUT2D eigenvalue weighted by molar-refractivity contribution is 8.00. The van der Waals surface area contributed by atoms with Gasteiger partial charge in [0.25, 0.3) is 0 Å². The molecule has 1 amide bonds. The van der Waals surface area contributed by atoms with Gasteiger partial charge in [-0.3, -0.25) is 4.79 Å². The third kappa shape index (κ3) is 3.10. The summed E-state index contributed by atoms with van der Waals surface area (Å²) in [5.74, 6) is 1.59. The minimum absolute atomic E-state index is 0.278. The monoisotopic (exact) mass is 302 g/mol. The van der Waals surface area contributed by atoms with Crippen LogP contribution in [0.3, 0.4) is 0 Å². The first-order valence-electron chi connectivity index (χ1n) is 7.60. The van der Waals surface area contributed by atoms with Gasteiger partial charge in [0.1, 0.15) is 0 Å². The number of carbonyl (C=O) groups is 1. The number of hydrogen-bond donors (Lipinski definition) is 0. The number of amides is 1. The second-order valence-corrected chi connectivity index (χ2v) is 6.99. The lowest BCUT2D eigenvalue weighted by atomic mass is 9.99. The first-order chi connectivity index (χ1) is 10.1. The van der Waals surface area contributed by atoms with Crippen molar-refractivity contribution in [3.63, 3.8) is 0 Å². The minimum atomic E-state index is 0.278. The van der Waals surface area contributed by atoms with Gasteiger partial charge < -0.3 is 9.47 Å². The third-order valence-electron chi connectivity index (χ3n) is 4.35. The van der Waals surface area contributed by atoms with Crippen molar-refractivity contribution in [3.05, 3.63) is 30.5 Å². The summed E-state index contributed by atoms with van der Waals surface area (Å²) < 4.78 is 2.13. The summed E-state index contributed by atoms with van der Waals surface area (Å²) in [7, 11) is 2.06. The third-order valence-corrected chi connectivity index (χ3v) is 5.38. The van der Waals surface area contributed by atoms with Crippen LogP contribution >= 0.6 is 11.8 Å². The normalized spacial score (nSPS) is 16.6. The highest BCUT2D eigenvalue weighted by Gasteiger charge is 2.20. The fourth-order valence-electron chi connectivity index (χ4n) is 2.91. The summed E-state index contributed by atoms with van der Waals surface area (Å²) in [6, 6.07) is 8.36. The van der Waals surface area contributed by atoms with Crippen molar-refractivity contribution in [2.45, 2.75) is 24.7 Å². The van der Waals surface area contributed by atoms with E-state index in [2.05, 4.69) is 49.0 Å². The highest BCUT2D eigenvalue weighted by Crippen LogP contribution is 2.29. The molecule has 1 fully saturated rings. The maximum absolute atomic E-state index is 12.3. The largest absolute Gasteiger partial charge is 0.349 e. The predicted molar refractivity (Wildman–Crippen MR) is 88.6 cm³/mol. The van der Waals surface area contributed by atoms with Gasteiger partial charge in [-0.1, -0.05) is 25.1 Å². The quantitative estimate of drug-likeness (QED) is 0.810. The molecule has 0 bridgehead atoms. The van der Waals surface area contributed by atoms with Gasteiger partial charge in [0, 0.05) is 42.1 Å². The Hall–Kier alpha value is -1.42. The number of piperidine rings is 1. The second-order valence-electron chi connectivity index (χ2n) is 5.97. The van der Waals surface area contributed by atoms with E-state index in [0.717, 1.165) is 31.8 Å². The first-order valence-corrected chi connectivity index (χ1v) is 8.58. The average Bonchev–Trinajstić information content (AvgIpc) is 2.83. The molecule has 112 valence electrons. The molecule has 0 spiro atoms. The first kappa shape index (κ1) is 14.5. The molecule has 3 nitrogen and oxygen atoms in total. The van der Waals surface area contributed by atoms with Gasteiger partial charge in [-0.05, 0) is 24.8 Å². The summed E-state index contributed by atoms with van der Waals surface area (Å²) in [6.45, 7) is 4.12. The Morgan fingerprint density at radius 3 is 2.76 bits per heavy atom. The molecule has 0 saturated carbocycles. The van der Waals surface area contributed by atoms with E-state index < -0.39 is 0 Å². The van der Waals surface area contributed by atoms with Gasteiger partial charge in [-0.25, -0.2) is 0 Å². The molecular weight excluding hydrogens is 280 g/mol. The van der Waals surface area contributed by atoms with Crippen LogP contribution in [0.25, 0.3) is 10.9 Å². The van der Waals surface area contributed by atoms with Crippen LogP contribution in [-0.4, -0.2) is 34.2 Å². The van der Waals surface area contributed by atoms with E-state index in [1.807, 2.05) is 4.90 Å². The molecule has 0 aliphatic carbocycles. The number of aromatic nitrogens is 1. The Morgan fingerprint density at radius 1 is 1.29 bits per heavy atom. The smallest absolute Gasteiger partial charge is 0.232 e. The van der Waals surface area contributed by atoms with E-state index in [1.165, 1.54) is 15.8 Å². The van der Waals surface area contributed by atoms with Crippen molar-refractivity contribution in [3.8, 4) is 0 Å². The van der Waals surface area contributed by atoms with Crippen molar-refractivity contribution in [1.29, 1.82) is 0 Å². The van der Waals surface area contributed by atoms with Crippen molar-refractivity contribution >= 4 is 28.6 Å². The Balaban J connectivity index is 1.65. The molecule has 2 heterocycles. The van der Waals surface area contributed by atoms with Crippen LogP contribution in [0.4, 0.5) is 0 Å². The van der Waals surface area contributed by atoms with Crippen LogP contribution < -0.4 is 0 Å². The highest BCUT2D eigenvalue weighted by atomic mass is 32.2. The van der Waals surface area contributed by atoms with Crippen LogP contribution in [-0.2, 0) is 11.8 Å². The zero-order chi connectivity index (χ0) is 14.8. The van der Waals surface area contributed by atoms with Gasteiger partial charge in [0.2, 0.25) is 5.91 Å². The lowest BCUT2D eigenvalue weighted by molar-refractivity contribution is -0.129. The Labute approximate surface area is 130 Å². The molecule has 0 N–H and O–H groups in total. The molecule has 1 aliphatic heterocycles. The van der Waals surface area contributed by atoms with E-state index in [9.17, 15) is 4.79 Å². The number of para-hydroxylation sites is 1. The fraction of sp³-hybridized carbons (Fsp3) is 0.471. The molecule has 1 aromatic carbocycles. The lowest BCUT2D eigenvalue weighted by Crippen LogP contribution is -2.38. The maximum atomic E-state index is 12.3. The standard InChI is InChI=1S/C17H22N2OS/c1-13-7-9-19(10-8-13)17(20)12-21-16-11-18(2)15-6-4-3-5-14(15)16/h3-6,11,13H,7-10,12H2,1-2H3. The number of fused-ring (bicyclic) bond motifs is 1. The number of nitrogens with zero attached hydrogens (tertiary/aromatic N) is 2. The molecule has 0 unspecified atom stereocenters. The summed E-state index contributed by atoms with van der Waals surface area (Å²) in [5.41, 5.74) is 1.22. The van der Waals surface area contributed by atoms with Crippen LogP contribution in [0.5, 0.6) is 0 Å². The molecule has 1 aliphatic rings. The SMILES string of the molecule is CC1CCN(C(=O)CSc2cn(C)c3ccccc23)CC1. The summed E-state index contributed by atoms with van der Waals surface area (Å²) >= 11 is 1.66. The number of benzene rings is 1. The number of carbonyl (C=O) groups excluding carboxylic acids is 1. The Kier molecular flexibility index (Phi) is 4.24. The van der Waals surface area contributed by atoms with Gasteiger partial charge in [-0.2, -0.15) is 0 Å². The number of thioether (sulfide) groups is 1. The molecule has 3 rings (SSSR count). The van der Waals surface area contributed by atoms with Crippen molar-refractivity contribution in [2.24, 2.45) is 13.0 Å². The second kappa shape index (κ2) is 6.14. The molecule has 1 saturated heterocycles. The van der Waals surface area contributed by atoms with Crippen LogP contribution in [0, 0.1) is 5.92 Å². The number of likely N-dealkylation sites (tertiary alicyclic amines) is 1. The van der Waals surface area contributed by atoms with Gasteiger partial charge in [0.15, 0.2) is 0 Å². The van der Waals surface area contributed by atoms with Gasteiger partial charge in [0.05, 0.1) is 5.75 Å². The topological polar surface area (TPSA) is 25.2 Å². The Bertz CT molecular complexity index is 641. The average molecular weight is 302 g/mol. The van der Waals surface area contributed by atoms with Gasteiger partial charge in [-0.15, -0.1) is 11.8 Å². The van der Waals surface area contributed by atoms with Crippen molar-refractivity contribution in [1.82, 2.24) is 9.47 Å². The van der Waals surface area contributed by atoms with Crippen LogP contribution in [0.15, 0.2) is 35.4 Å². The fourth-order valence-corrected chi connectivity index (χ4v) is 3.93. The van der Waals surface area contributed by atoms with E-state index in [4.69, 9.17) is 0 Å². The molecular formula is C17H22N2OS. The van der Waals surface area contributed by atoms with E-state index in [1.54, 1.807) is 11.8 Å². The Morgan fingerprint density at radius 2 is 2.00 bits per heavy atom. The van der Waals surface area contributed by atoms with Gasteiger partial charge >= 0.3 is 0 Å². The summed E-state index contributed by atoms with van der Waals surface area (Å²) in [4.78, 5) is 15.5. The summed E-state index contributed by atoms with van der Waals surface area (Å²) in [6.07, 6.45) is 4.41. The number of rotatable bonds is 3. The van der Waals surface area contributed by atoms with Crippen molar-refractivity contribution in [2.75, 3.05) is 18.8 Å². The maximum Gasteiger partial charge on any atom is 0.232 e. The zero-order valence-electron chi connectivity index (χ0n) is 12.7. The molecule has 1 aromatic heterocycles. The van der Waals surface area contributed by atoms with Crippen molar-refractivity contribution < 1.29 is 4.79 Å². The minimum Gasteiger partial charge on any atom is -0.349 e. The zero-order valence-corrected chi connectivity index (χ0v) is 13.5. The number of aryl methyl sites for hydroxylation is 1. The molecule has 4 heteroatoms. The molecule has 21 heavy (non-hydrogen) atoms. The molecule has 0 radical (unpaired) electrons.